The monoisotopic (exact) mass is 357 g/mol. The molecule has 0 amide bonds. The molecule has 0 saturated carbocycles. The minimum absolute atomic E-state index is 0.0941. The van der Waals surface area contributed by atoms with Crippen molar-refractivity contribution < 1.29 is 0 Å². The highest BCUT2D eigenvalue weighted by molar-refractivity contribution is 7.18. The highest BCUT2D eigenvalue weighted by Crippen LogP contribution is 2.34. The molecule has 0 atom stereocenters. The van der Waals surface area contributed by atoms with Crippen LogP contribution < -0.4 is 10.9 Å². The van der Waals surface area contributed by atoms with Crippen molar-refractivity contribution in [2.75, 3.05) is 5.32 Å². The third-order valence-electron chi connectivity index (χ3n) is 4.74. The fourth-order valence-corrected chi connectivity index (χ4v) is 4.75. The van der Waals surface area contributed by atoms with Crippen LogP contribution in [0.15, 0.2) is 17.2 Å². The first-order chi connectivity index (χ1) is 12.2. The lowest BCUT2D eigenvalue weighted by atomic mass is 9.97. The topological polar surface area (TPSA) is 64.7 Å². The molecule has 0 fully saturated rings. The lowest BCUT2D eigenvalue weighted by Crippen LogP contribution is -2.24. The summed E-state index contributed by atoms with van der Waals surface area (Å²) in [5, 5.41) is 8.44. The lowest BCUT2D eigenvalue weighted by Gasteiger charge is -2.13. The molecule has 3 aromatic rings. The fourth-order valence-electron chi connectivity index (χ4n) is 3.50. The van der Waals surface area contributed by atoms with Gasteiger partial charge in [-0.15, -0.1) is 11.3 Å². The van der Waals surface area contributed by atoms with Gasteiger partial charge in [-0.25, -0.2) is 4.98 Å². The molecule has 4 rings (SSSR count). The Morgan fingerprint density at radius 1 is 1.28 bits per heavy atom. The number of anilines is 2. The van der Waals surface area contributed by atoms with Gasteiger partial charge in [-0.05, 0) is 44.6 Å². The van der Waals surface area contributed by atoms with Gasteiger partial charge < -0.3 is 5.32 Å². The fraction of sp³-hybridized carbons (Fsp3) is 0.500. The maximum atomic E-state index is 13.2. The first kappa shape index (κ1) is 16.3. The van der Waals surface area contributed by atoms with Crippen LogP contribution in [0.25, 0.3) is 10.2 Å². The van der Waals surface area contributed by atoms with E-state index < -0.39 is 0 Å². The maximum absolute atomic E-state index is 13.2. The minimum atomic E-state index is 0.0941. The molecule has 0 bridgehead atoms. The van der Waals surface area contributed by atoms with Crippen molar-refractivity contribution in [2.45, 2.75) is 59.0 Å². The number of rotatable bonds is 5. The van der Waals surface area contributed by atoms with Crippen LogP contribution in [0.1, 0.15) is 43.6 Å². The average molecular weight is 357 g/mol. The Balaban J connectivity index is 1.84. The Morgan fingerprint density at radius 2 is 2.12 bits per heavy atom. The molecule has 6 nitrogen and oxygen atoms in total. The van der Waals surface area contributed by atoms with E-state index in [9.17, 15) is 4.79 Å². The van der Waals surface area contributed by atoms with Gasteiger partial charge in [-0.1, -0.05) is 6.92 Å². The zero-order valence-electron chi connectivity index (χ0n) is 14.7. The second-order valence-electron chi connectivity index (χ2n) is 6.49. The number of fused-ring (bicyclic) bond motifs is 3. The zero-order valence-corrected chi connectivity index (χ0v) is 15.5. The Bertz CT molecular complexity index is 968. The smallest absolute Gasteiger partial charge is 0.263 e. The van der Waals surface area contributed by atoms with Crippen LogP contribution in [-0.2, 0) is 25.9 Å². The van der Waals surface area contributed by atoms with Crippen LogP contribution in [0.5, 0.6) is 0 Å². The van der Waals surface area contributed by atoms with Gasteiger partial charge in [0.15, 0.2) is 0 Å². The second-order valence-corrected chi connectivity index (χ2v) is 7.58. The molecule has 0 saturated heterocycles. The third kappa shape index (κ3) is 2.86. The number of aromatic nitrogens is 4. The molecule has 1 aliphatic rings. The number of hydrogen-bond donors (Lipinski definition) is 1. The molecule has 0 spiro atoms. The predicted molar refractivity (Wildman–Crippen MR) is 102 cm³/mol. The summed E-state index contributed by atoms with van der Waals surface area (Å²) >= 11 is 1.69. The largest absolute Gasteiger partial charge is 0.323 e. The summed E-state index contributed by atoms with van der Waals surface area (Å²) < 4.78 is 3.64. The molecular formula is C18H23N5OS. The van der Waals surface area contributed by atoms with Crippen LogP contribution in [0.3, 0.4) is 0 Å². The van der Waals surface area contributed by atoms with Crippen LogP contribution in [-0.4, -0.2) is 19.3 Å². The van der Waals surface area contributed by atoms with Crippen molar-refractivity contribution in [2.24, 2.45) is 0 Å². The summed E-state index contributed by atoms with van der Waals surface area (Å²) in [6.07, 6.45) is 9.07. The van der Waals surface area contributed by atoms with Crippen LogP contribution in [0.2, 0.25) is 0 Å². The number of nitrogens with one attached hydrogen (secondary N) is 1. The molecule has 3 heterocycles. The summed E-state index contributed by atoms with van der Waals surface area (Å²) in [5.74, 6) is 0.619. The van der Waals surface area contributed by atoms with Crippen molar-refractivity contribution in [1.29, 1.82) is 0 Å². The van der Waals surface area contributed by atoms with Crippen molar-refractivity contribution in [3.05, 3.63) is 33.2 Å². The first-order valence-electron chi connectivity index (χ1n) is 9.05. The minimum Gasteiger partial charge on any atom is -0.323 e. The highest BCUT2D eigenvalue weighted by Gasteiger charge is 2.22. The van der Waals surface area contributed by atoms with Gasteiger partial charge in [0, 0.05) is 24.2 Å². The van der Waals surface area contributed by atoms with Gasteiger partial charge in [0.1, 0.15) is 4.83 Å². The number of aryl methyl sites for hydroxylation is 3. The zero-order chi connectivity index (χ0) is 17.4. The molecule has 25 heavy (non-hydrogen) atoms. The third-order valence-corrected chi connectivity index (χ3v) is 5.92. The molecule has 0 unspecified atom stereocenters. The van der Waals surface area contributed by atoms with E-state index in [0.717, 1.165) is 41.7 Å². The SMILES string of the molecule is CCCn1c(Nc2cnn(CC)c2)nc2sc3c(c2c1=O)CCCC3. The summed E-state index contributed by atoms with van der Waals surface area (Å²) in [6.45, 7) is 5.60. The van der Waals surface area contributed by atoms with Crippen LogP contribution >= 0.6 is 11.3 Å². The Labute approximate surface area is 150 Å². The Hall–Kier alpha value is -2.15. The van der Waals surface area contributed by atoms with Crippen molar-refractivity contribution in [3.8, 4) is 0 Å². The number of thiophene rings is 1. The van der Waals surface area contributed by atoms with E-state index in [1.165, 1.54) is 23.3 Å². The standard InChI is InChI=1S/C18H23N5OS/c1-3-9-23-17(24)15-13-7-5-6-8-14(13)25-16(15)21-18(23)20-12-10-19-22(4-2)11-12/h10-11H,3-9H2,1-2H3,(H,20,21). The molecule has 0 radical (unpaired) electrons. The predicted octanol–water partition coefficient (Wildman–Crippen LogP) is 3.71. The Morgan fingerprint density at radius 3 is 2.88 bits per heavy atom. The van der Waals surface area contributed by atoms with Gasteiger partial charge in [-0.2, -0.15) is 5.10 Å². The van der Waals surface area contributed by atoms with E-state index in [1.54, 1.807) is 22.1 Å². The normalized spacial score (nSPS) is 14.0. The summed E-state index contributed by atoms with van der Waals surface area (Å²) in [6, 6.07) is 0. The summed E-state index contributed by atoms with van der Waals surface area (Å²) in [4.78, 5) is 20.2. The Kier molecular flexibility index (Phi) is 4.33. The molecule has 7 heteroatoms. The van der Waals surface area contributed by atoms with Crippen molar-refractivity contribution in [1.82, 2.24) is 19.3 Å². The van der Waals surface area contributed by atoms with E-state index >= 15 is 0 Å². The summed E-state index contributed by atoms with van der Waals surface area (Å²) in [7, 11) is 0. The van der Waals surface area contributed by atoms with Gasteiger partial charge >= 0.3 is 0 Å². The molecular weight excluding hydrogens is 334 g/mol. The summed E-state index contributed by atoms with van der Waals surface area (Å²) in [5.41, 5.74) is 2.20. The van der Waals surface area contributed by atoms with Gasteiger partial charge in [-0.3, -0.25) is 14.0 Å². The first-order valence-corrected chi connectivity index (χ1v) is 9.87. The van der Waals surface area contributed by atoms with Crippen LogP contribution in [0.4, 0.5) is 11.6 Å². The van der Waals surface area contributed by atoms with Gasteiger partial charge in [0.05, 0.1) is 17.3 Å². The average Bonchev–Trinajstić information content (AvgIpc) is 3.22. The van der Waals surface area contributed by atoms with E-state index in [1.807, 2.05) is 17.8 Å². The number of hydrogen-bond acceptors (Lipinski definition) is 5. The molecule has 1 N–H and O–H groups in total. The molecule has 3 aromatic heterocycles. The number of nitrogens with zero attached hydrogens (tertiary/aromatic N) is 4. The van der Waals surface area contributed by atoms with Crippen LogP contribution in [0, 0.1) is 0 Å². The maximum Gasteiger partial charge on any atom is 0.263 e. The van der Waals surface area contributed by atoms with E-state index in [-0.39, 0.29) is 5.56 Å². The van der Waals surface area contributed by atoms with E-state index in [2.05, 4.69) is 17.3 Å². The van der Waals surface area contributed by atoms with E-state index in [0.29, 0.717) is 12.5 Å². The van der Waals surface area contributed by atoms with Crippen molar-refractivity contribution in [3.63, 3.8) is 0 Å². The highest BCUT2D eigenvalue weighted by atomic mass is 32.1. The van der Waals surface area contributed by atoms with E-state index in [4.69, 9.17) is 4.98 Å². The lowest BCUT2D eigenvalue weighted by molar-refractivity contribution is 0.655. The molecule has 0 aliphatic heterocycles. The molecule has 132 valence electrons. The van der Waals surface area contributed by atoms with Crippen molar-refractivity contribution >= 4 is 33.2 Å². The van der Waals surface area contributed by atoms with Gasteiger partial charge in [0.25, 0.3) is 5.56 Å². The second kappa shape index (κ2) is 6.63. The molecule has 1 aliphatic carbocycles. The molecule has 0 aromatic carbocycles. The quantitative estimate of drug-likeness (QED) is 0.756. The van der Waals surface area contributed by atoms with Gasteiger partial charge in [0.2, 0.25) is 5.95 Å².